The molecule has 0 N–H and O–H groups in total. The Hall–Kier alpha value is -1.57. The smallest absolute Gasteiger partial charge is 0.153 e. The predicted molar refractivity (Wildman–Crippen MR) is 61.6 cm³/mol. The zero-order chi connectivity index (χ0) is 11.3. The first-order valence-electron chi connectivity index (χ1n) is 5.05. The Morgan fingerprint density at radius 1 is 1.47 bits per heavy atom. The number of hydrogen-bond acceptors (Lipinski definition) is 2. The molecule has 0 atom stereocenters. The molecule has 1 aromatic carbocycles. The van der Waals surface area contributed by atoms with Crippen LogP contribution in [0.4, 0.5) is 0 Å². The molecule has 0 saturated heterocycles. The third kappa shape index (κ3) is 2.69. The van der Waals surface area contributed by atoms with Gasteiger partial charge in [-0.1, -0.05) is 12.1 Å². The Labute approximate surface area is 90.6 Å². The number of ether oxygens (including phenoxy) is 1. The predicted octanol–water partition coefficient (Wildman–Crippen LogP) is 2.93. The summed E-state index contributed by atoms with van der Waals surface area (Å²) in [5.41, 5.74) is 2.71. The highest BCUT2D eigenvalue weighted by atomic mass is 16.5. The number of carbonyl (C=O) groups is 1. The Morgan fingerprint density at radius 2 is 2.20 bits per heavy atom. The van der Waals surface area contributed by atoms with E-state index < -0.39 is 0 Å². The van der Waals surface area contributed by atoms with E-state index in [4.69, 9.17) is 4.74 Å². The van der Waals surface area contributed by atoms with Crippen molar-refractivity contribution in [3.63, 3.8) is 0 Å². The highest BCUT2D eigenvalue weighted by Gasteiger charge is 2.09. The molecule has 0 aliphatic carbocycles. The van der Waals surface area contributed by atoms with Crippen LogP contribution in [0.2, 0.25) is 0 Å². The highest BCUT2D eigenvalue weighted by molar-refractivity contribution is 5.80. The second-order valence-electron chi connectivity index (χ2n) is 3.39. The fourth-order valence-electron chi connectivity index (χ4n) is 1.59. The largest absolute Gasteiger partial charge is 0.493 e. The molecule has 2 nitrogen and oxygen atoms in total. The second kappa shape index (κ2) is 5.35. The van der Waals surface area contributed by atoms with E-state index >= 15 is 0 Å². The van der Waals surface area contributed by atoms with Gasteiger partial charge in [0.05, 0.1) is 12.2 Å². The summed E-state index contributed by atoms with van der Waals surface area (Å²) in [5, 5.41) is 0. The SMILES string of the molecule is C=CCc1cc(C)cc(C=O)c1OCC. The molecule has 0 aliphatic rings. The molecular weight excluding hydrogens is 188 g/mol. The Balaban J connectivity index is 3.25. The summed E-state index contributed by atoms with van der Waals surface area (Å²) in [6.45, 7) is 8.14. The maximum atomic E-state index is 10.9. The van der Waals surface area contributed by atoms with Gasteiger partial charge < -0.3 is 4.74 Å². The van der Waals surface area contributed by atoms with E-state index in [0.29, 0.717) is 17.9 Å². The molecule has 0 radical (unpaired) electrons. The fourth-order valence-corrected chi connectivity index (χ4v) is 1.59. The molecule has 1 rings (SSSR count). The van der Waals surface area contributed by atoms with Gasteiger partial charge in [0, 0.05) is 0 Å². The van der Waals surface area contributed by atoms with Gasteiger partial charge in [0.2, 0.25) is 0 Å². The van der Waals surface area contributed by atoms with E-state index in [1.165, 1.54) is 0 Å². The molecule has 0 amide bonds. The second-order valence-corrected chi connectivity index (χ2v) is 3.39. The average Bonchev–Trinajstić information content (AvgIpc) is 2.22. The van der Waals surface area contributed by atoms with Crippen LogP contribution in [0.25, 0.3) is 0 Å². The molecule has 0 spiro atoms. The van der Waals surface area contributed by atoms with Gasteiger partial charge in [0.25, 0.3) is 0 Å². The molecule has 0 aromatic heterocycles. The van der Waals surface area contributed by atoms with Crippen LogP contribution in [0.5, 0.6) is 5.75 Å². The van der Waals surface area contributed by atoms with E-state index in [1.54, 1.807) is 0 Å². The van der Waals surface area contributed by atoms with Crippen LogP contribution in [-0.4, -0.2) is 12.9 Å². The van der Waals surface area contributed by atoms with Gasteiger partial charge in [-0.3, -0.25) is 4.79 Å². The summed E-state index contributed by atoms with van der Waals surface area (Å²) in [7, 11) is 0. The Kier molecular flexibility index (Phi) is 4.10. The van der Waals surface area contributed by atoms with Crippen LogP contribution in [0.3, 0.4) is 0 Å². The minimum absolute atomic E-state index is 0.564. The van der Waals surface area contributed by atoms with Crippen molar-refractivity contribution in [3.8, 4) is 5.75 Å². The lowest BCUT2D eigenvalue weighted by atomic mass is 10.0. The van der Waals surface area contributed by atoms with E-state index in [1.807, 2.05) is 32.1 Å². The molecule has 0 heterocycles. The van der Waals surface area contributed by atoms with Crippen molar-refractivity contribution in [1.29, 1.82) is 0 Å². The molecule has 0 aliphatic heterocycles. The molecule has 15 heavy (non-hydrogen) atoms. The van der Waals surface area contributed by atoms with Crippen LogP contribution in [0.15, 0.2) is 24.8 Å². The summed E-state index contributed by atoms with van der Waals surface area (Å²) < 4.78 is 5.49. The van der Waals surface area contributed by atoms with Crippen molar-refractivity contribution >= 4 is 6.29 Å². The minimum atomic E-state index is 0.564. The summed E-state index contributed by atoms with van der Waals surface area (Å²) in [5.74, 6) is 0.693. The summed E-state index contributed by atoms with van der Waals surface area (Å²) in [6.07, 6.45) is 3.37. The first-order chi connectivity index (χ1) is 7.22. The summed E-state index contributed by atoms with van der Waals surface area (Å²) in [4.78, 5) is 10.9. The molecule has 0 unspecified atom stereocenters. The van der Waals surface area contributed by atoms with Crippen LogP contribution in [0.1, 0.15) is 28.4 Å². The van der Waals surface area contributed by atoms with Crippen LogP contribution >= 0.6 is 0 Å². The van der Waals surface area contributed by atoms with Crippen molar-refractivity contribution in [1.82, 2.24) is 0 Å². The molecule has 0 bridgehead atoms. The van der Waals surface area contributed by atoms with Gasteiger partial charge in [-0.25, -0.2) is 0 Å². The zero-order valence-corrected chi connectivity index (χ0v) is 9.25. The Morgan fingerprint density at radius 3 is 2.73 bits per heavy atom. The third-order valence-corrected chi connectivity index (χ3v) is 2.12. The summed E-state index contributed by atoms with van der Waals surface area (Å²) >= 11 is 0. The van der Waals surface area contributed by atoms with Crippen molar-refractivity contribution < 1.29 is 9.53 Å². The highest BCUT2D eigenvalue weighted by Crippen LogP contribution is 2.25. The molecule has 80 valence electrons. The number of allylic oxidation sites excluding steroid dienone is 1. The fraction of sp³-hybridized carbons (Fsp3) is 0.308. The maximum Gasteiger partial charge on any atom is 0.153 e. The number of aldehydes is 1. The normalized spacial score (nSPS) is 9.73. The van der Waals surface area contributed by atoms with Crippen molar-refractivity contribution in [2.24, 2.45) is 0 Å². The lowest BCUT2D eigenvalue weighted by Gasteiger charge is -2.12. The van der Waals surface area contributed by atoms with Crippen molar-refractivity contribution in [2.75, 3.05) is 6.61 Å². The number of aryl methyl sites for hydroxylation is 1. The monoisotopic (exact) mass is 204 g/mol. The summed E-state index contributed by atoms with van der Waals surface area (Å²) in [6, 6.07) is 3.87. The lowest BCUT2D eigenvalue weighted by Crippen LogP contribution is -2.01. The molecule has 0 saturated carbocycles. The molecular formula is C13H16O2. The zero-order valence-electron chi connectivity index (χ0n) is 9.25. The van der Waals surface area contributed by atoms with E-state index in [0.717, 1.165) is 23.8 Å². The van der Waals surface area contributed by atoms with Crippen molar-refractivity contribution in [2.45, 2.75) is 20.3 Å². The van der Waals surface area contributed by atoms with E-state index in [2.05, 4.69) is 6.58 Å². The number of benzene rings is 1. The van der Waals surface area contributed by atoms with Crippen LogP contribution in [0, 0.1) is 6.92 Å². The van der Waals surface area contributed by atoms with Gasteiger partial charge in [-0.15, -0.1) is 6.58 Å². The minimum Gasteiger partial charge on any atom is -0.493 e. The van der Waals surface area contributed by atoms with Crippen molar-refractivity contribution in [3.05, 3.63) is 41.5 Å². The topological polar surface area (TPSA) is 26.3 Å². The van der Waals surface area contributed by atoms with E-state index in [-0.39, 0.29) is 0 Å². The van der Waals surface area contributed by atoms with Gasteiger partial charge >= 0.3 is 0 Å². The molecule has 0 fully saturated rings. The standard InChI is InChI=1S/C13H16O2/c1-4-6-11-7-10(3)8-12(9-14)13(11)15-5-2/h4,7-9H,1,5-6H2,2-3H3. The van der Waals surface area contributed by atoms with Gasteiger partial charge in [0.15, 0.2) is 6.29 Å². The number of hydrogen-bond donors (Lipinski definition) is 0. The van der Waals surface area contributed by atoms with Crippen LogP contribution in [-0.2, 0) is 6.42 Å². The average molecular weight is 204 g/mol. The van der Waals surface area contributed by atoms with Crippen LogP contribution < -0.4 is 4.74 Å². The van der Waals surface area contributed by atoms with Gasteiger partial charge in [0.1, 0.15) is 5.75 Å². The number of carbonyl (C=O) groups excluding carboxylic acids is 1. The van der Waals surface area contributed by atoms with E-state index in [9.17, 15) is 4.79 Å². The van der Waals surface area contributed by atoms with Gasteiger partial charge in [-0.05, 0) is 37.5 Å². The maximum absolute atomic E-state index is 10.9. The molecule has 2 heteroatoms. The first-order valence-corrected chi connectivity index (χ1v) is 5.05. The Bertz CT molecular complexity index is 367. The first kappa shape index (κ1) is 11.5. The lowest BCUT2D eigenvalue weighted by molar-refractivity contribution is 0.111. The molecule has 1 aromatic rings. The third-order valence-electron chi connectivity index (χ3n) is 2.12. The quantitative estimate of drug-likeness (QED) is 0.544. The number of rotatable bonds is 5. The van der Waals surface area contributed by atoms with Gasteiger partial charge in [-0.2, -0.15) is 0 Å².